The van der Waals surface area contributed by atoms with Gasteiger partial charge >= 0.3 is 5.97 Å². The summed E-state index contributed by atoms with van der Waals surface area (Å²) < 4.78 is 32.4. The van der Waals surface area contributed by atoms with Crippen LogP contribution in [0.15, 0.2) is 0 Å². The smallest absolute Gasteiger partial charge is 0.313 e. The first-order valence-electron chi connectivity index (χ1n) is 5.81. The Bertz CT molecular complexity index is 415. The minimum absolute atomic E-state index is 0.217. The minimum Gasteiger partial charge on any atom is -0.469 e. The van der Waals surface area contributed by atoms with Gasteiger partial charge in [0.1, 0.15) is 0 Å². The average molecular weight is 295 g/mol. The maximum atomic E-state index is 11.5. The number of methoxy groups -OCH3 is 1. The molecule has 0 atom stereocenters. The van der Waals surface area contributed by atoms with Crippen molar-refractivity contribution in [1.29, 1.82) is 0 Å². The zero-order valence-electron chi connectivity index (χ0n) is 11.7. The lowest BCUT2D eigenvalue weighted by atomic mass is 9.95. The molecule has 0 fully saturated rings. The topological polar surface area (TPSA) is 98.8 Å². The van der Waals surface area contributed by atoms with E-state index in [-0.39, 0.29) is 31.2 Å². The summed E-state index contributed by atoms with van der Waals surface area (Å²) in [6.07, 6.45) is 0.251. The van der Waals surface area contributed by atoms with Crippen LogP contribution in [0, 0.1) is 5.41 Å². The molecule has 0 aliphatic rings. The highest BCUT2D eigenvalue weighted by Gasteiger charge is 2.31. The first-order chi connectivity index (χ1) is 8.60. The molecular weight excluding hydrogens is 274 g/mol. The zero-order valence-corrected chi connectivity index (χ0v) is 12.5. The molecule has 0 aliphatic heterocycles. The molecule has 0 aromatic rings. The highest BCUT2D eigenvalue weighted by molar-refractivity contribution is 7.86. The number of carbonyl (C=O) groups excluding carboxylic acids is 2. The van der Waals surface area contributed by atoms with Crippen molar-refractivity contribution in [3.8, 4) is 0 Å². The third kappa shape index (κ3) is 7.78. The van der Waals surface area contributed by atoms with Gasteiger partial charge in [0.2, 0.25) is 5.91 Å². The van der Waals surface area contributed by atoms with Crippen LogP contribution in [-0.4, -0.2) is 46.3 Å². The number of ether oxygens (including phenoxy) is 1. The van der Waals surface area contributed by atoms with E-state index in [2.05, 4.69) is 10.1 Å². The Morgan fingerprint density at radius 2 is 1.84 bits per heavy atom. The Kier molecular flexibility index (Phi) is 6.99. The largest absolute Gasteiger partial charge is 0.469 e. The van der Waals surface area contributed by atoms with Crippen LogP contribution in [0.4, 0.5) is 0 Å². The number of esters is 1. The lowest BCUT2D eigenvalue weighted by Gasteiger charge is -2.20. The molecule has 8 heteroatoms. The minimum atomic E-state index is -3.71. The number of amides is 1. The highest BCUT2D eigenvalue weighted by atomic mass is 32.2. The van der Waals surface area contributed by atoms with E-state index in [1.54, 1.807) is 0 Å². The van der Waals surface area contributed by atoms with Gasteiger partial charge in [-0.15, -0.1) is 0 Å². The fourth-order valence-electron chi connectivity index (χ4n) is 1.14. The molecule has 0 saturated heterocycles. The van der Waals surface area contributed by atoms with E-state index in [4.69, 9.17) is 4.18 Å². The molecule has 1 amide bonds. The molecule has 0 aliphatic carbocycles. The normalized spacial score (nSPS) is 12.0. The number of nitrogens with one attached hydrogen (secondary N) is 1. The highest BCUT2D eigenvalue weighted by Crippen LogP contribution is 2.18. The third-order valence-electron chi connectivity index (χ3n) is 2.28. The molecule has 0 aromatic heterocycles. The predicted molar refractivity (Wildman–Crippen MR) is 68.8 cm³/mol. The van der Waals surface area contributed by atoms with Gasteiger partial charge in [-0.2, -0.15) is 8.42 Å². The van der Waals surface area contributed by atoms with Gasteiger partial charge in [-0.3, -0.25) is 13.8 Å². The van der Waals surface area contributed by atoms with Gasteiger partial charge in [0.25, 0.3) is 10.1 Å². The summed E-state index contributed by atoms with van der Waals surface area (Å²) in [6, 6.07) is 0. The van der Waals surface area contributed by atoms with E-state index in [1.807, 2.05) is 0 Å². The van der Waals surface area contributed by atoms with E-state index in [1.165, 1.54) is 27.9 Å². The van der Waals surface area contributed by atoms with Gasteiger partial charge in [-0.25, -0.2) is 0 Å². The zero-order chi connectivity index (χ0) is 15.1. The van der Waals surface area contributed by atoms with Gasteiger partial charge in [-0.05, 0) is 20.3 Å². The molecule has 112 valence electrons. The second-order valence-corrected chi connectivity index (χ2v) is 6.50. The predicted octanol–water partition coefficient (Wildman–Crippen LogP) is 0.0582. The third-order valence-corrected chi connectivity index (χ3v) is 3.55. The van der Waals surface area contributed by atoms with Crippen molar-refractivity contribution in [2.75, 3.05) is 26.0 Å². The Labute approximate surface area is 113 Å². The van der Waals surface area contributed by atoms with Crippen molar-refractivity contribution in [2.24, 2.45) is 5.41 Å². The summed E-state index contributed by atoms with van der Waals surface area (Å²) >= 11 is 0. The summed E-state index contributed by atoms with van der Waals surface area (Å²) in [6.45, 7) is 4.40. The van der Waals surface area contributed by atoms with Crippen molar-refractivity contribution in [3.63, 3.8) is 0 Å². The van der Waals surface area contributed by atoms with Crippen molar-refractivity contribution in [1.82, 2.24) is 5.32 Å². The molecule has 0 aromatic carbocycles. The average Bonchev–Trinajstić information content (AvgIpc) is 2.31. The van der Waals surface area contributed by atoms with Crippen molar-refractivity contribution in [2.45, 2.75) is 27.2 Å². The summed E-state index contributed by atoms with van der Waals surface area (Å²) in [4.78, 5) is 21.9. The summed E-state index contributed by atoms with van der Waals surface area (Å²) in [5, 5.41) is 2.48. The summed E-state index contributed by atoms with van der Waals surface area (Å²) in [7, 11) is -2.49. The van der Waals surface area contributed by atoms with Crippen LogP contribution in [0.3, 0.4) is 0 Å². The van der Waals surface area contributed by atoms with Crippen molar-refractivity contribution >= 4 is 22.0 Å². The van der Waals surface area contributed by atoms with Crippen LogP contribution >= 0.6 is 0 Å². The number of rotatable bonds is 8. The van der Waals surface area contributed by atoms with Crippen LogP contribution in [0.25, 0.3) is 0 Å². The molecule has 0 heterocycles. The Hall–Kier alpha value is -1.15. The van der Waals surface area contributed by atoms with Crippen LogP contribution in [0.5, 0.6) is 0 Å². The molecule has 0 rings (SSSR count). The Balaban J connectivity index is 4.17. The van der Waals surface area contributed by atoms with E-state index >= 15 is 0 Å². The van der Waals surface area contributed by atoms with Crippen LogP contribution < -0.4 is 5.32 Å². The molecule has 0 radical (unpaired) electrons. The fraction of sp³-hybridized carbons (Fsp3) is 0.818. The van der Waals surface area contributed by atoms with Crippen molar-refractivity contribution in [3.05, 3.63) is 0 Å². The second-order valence-electron chi connectivity index (χ2n) is 4.74. The number of hydrogen-bond donors (Lipinski definition) is 1. The molecule has 7 nitrogen and oxygen atoms in total. The summed E-state index contributed by atoms with van der Waals surface area (Å²) in [5.74, 6) is -0.976. The summed E-state index contributed by atoms with van der Waals surface area (Å²) in [5.41, 5.74) is -1.03. The Morgan fingerprint density at radius 1 is 1.26 bits per heavy atom. The number of carbonyl (C=O) groups is 2. The second kappa shape index (κ2) is 7.44. The molecule has 0 spiro atoms. The number of hydrogen-bond acceptors (Lipinski definition) is 6. The van der Waals surface area contributed by atoms with E-state index in [0.29, 0.717) is 0 Å². The first kappa shape index (κ1) is 17.8. The molecular formula is C11H21NO6S. The monoisotopic (exact) mass is 295 g/mol. The maximum Gasteiger partial charge on any atom is 0.313 e. The van der Waals surface area contributed by atoms with Crippen LogP contribution in [-0.2, 0) is 28.6 Å². The quantitative estimate of drug-likeness (QED) is 0.386. The molecule has 0 bridgehead atoms. The lowest BCUT2D eigenvalue weighted by molar-refractivity contribution is -0.152. The SMILES string of the molecule is COC(=O)C(C)(C)COS(=O)(=O)CCCNC(C)=O. The van der Waals surface area contributed by atoms with Gasteiger partial charge in [0, 0.05) is 13.5 Å². The Morgan fingerprint density at radius 3 is 2.32 bits per heavy atom. The van der Waals surface area contributed by atoms with Gasteiger partial charge in [-0.1, -0.05) is 0 Å². The van der Waals surface area contributed by atoms with E-state index in [0.717, 1.165) is 0 Å². The van der Waals surface area contributed by atoms with E-state index in [9.17, 15) is 18.0 Å². The van der Waals surface area contributed by atoms with Gasteiger partial charge in [0.15, 0.2) is 0 Å². The van der Waals surface area contributed by atoms with Gasteiger partial charge in [0.05, 0.1) is 24.9 Å². The molecule has 0 unspecified atom stereocenters. The van der Waals surface area contributed by atoms with Gasteiger partial charge < -0.3 is 10.1 Å². The molecule has 1 N–H and O–H groups in total. The first-order valence-corrected chi connectivity index (χ1v) is 7.38. The van der Waals surface area contributed by atoms with E-state index < -0.39 is 21.5 Å². The van der Waals surface area contributed by atoms with Crippen molar-refractivity contribution < 1.29 is 26.9 Å². The molecule has 0 saturated carbocycles. The maximum absolute atomic E-state index is 11.5. The standard InChI is InChI=1S/C11H21NO6S/c1-9(13)12-6-5-7-19(15,16)18-8-11(2,3)10(14)17-4/h5-8H2,1-4H3,(H,12,13). The molecule has 19 heavy (non-hydrogen) atoms. The lowest BCUT2D eigenvalue weighted by Crippen LogP contribution is -2.32. The van der Waals surface area contributed by atoms with Crippen LogP contribution in [0.2, 0.25) is 0 Å². The fourth-order valence-corrected chi connectivity index (χ4v) is 2.23. The van der Waals surface area contributed by atoms with Crippen LogP contribution in [0.1, 0.15) is 27.2 Å².